The molecule has 0 atom stereocenters. The smallest absolute Gasteiger partial charge is 0.201 e. The molecule has 0 aromatic heterocycles. The van der Waals surface area contributed by atoms with Gasteiger partial charge in [-0.2, -0.15) is 0 Å². The highest BCUT2D eigenvalue weighted by Crippen LogP contribution is 2.35. The molecule has 0 spiro atoms. The molecular weight excluding hydrogens is 385 g/mol. The highest BCUT2D eigenvalue weighted by atomic mass is 32.1. The third kappa shape index (κ3) is 4.11. The molecule has 0 saturated heterocycles. The van der Waals surface area contributed by atoms with Crippen LogP contribution in [-0.4, -0.2) is 11.1 Å². The van der Waals surface area contributed by atoms with Crippen molar-refractivity contribution in [3.63, 3.8) is 0 Å². The lowest BCUT2D eigenvalue weighted by atomic mass is 9.81. The summed E-state index contributed by atoms with van der Waals surface area (Å²) >= 11 is 4.90. The molecule has 0 bridgehead atoms. The number of benzene rings is 2. The summed E-state index contributed by atoms with van der Waals surface area (Å²) in [6, 6.07) is 3.90. The number of rotatable bonds is 3. The van der Waals surface area contributed by atoms with E-state index in [0.717, 1.165) is 12.8 Å². The standard InChI is InChI=1S/C19H16F5NOS/c20-14-7-11(8-15(21)18(14)24)26-19(27)13-6-5-12(16(22)17(13)23)9-1-3-10(25)4-2-9/h5-10H,1-4,25H2. The highest BCUT2D eigenvalue weighted by molar-refractivity contribution is 7.80. The van der Waals surface area contributed by atoms with Crippen molar-refractivity contribution in [1.82, 2.24) is 0 Å². The van der Waals surface area contributed by atoms with Crippen molar-refractivity contribution in [3.05, 3.63) is 64.5 Å². The van der Waals surface area contributed by atoms with E-state index in [-0.39, 0.29) is 23.1 Å². The Bertz CT molecular complexity index is 858. The SMILES string of the molecule is NC1CCC(c2ccc(C(=S)Oc3cc(F)c(F)c(F)c3)c(F)c2F)CC1. The van der Waals surface area contributed by atoms with E-state index < -0.39 is 39.9 Å². The van der Waals surface area contributed by atoms with Crippen LogP contribution >= 0.6 is 12.2 Å². The van der Waals surface area contributed by atoms with Gasteiger partial charge in [-0.05, 0) is 55.4 Å². The Hall–Kier alpha value is -2.06. The van der Waals surface area contributed by atoms with Crippen molar-refractivity contribution in [1.29, 1.82) is 0 Å². The number of halogens is 5. The first kappa shape index (κ1) is 19.7. The molecule has 2 N–H and O–H groups in total. The molecule has 1 aliphatic carbocycles. The number of hydrogen-bond acceptors (Lipinski definition) is 3. The maximum absolute atomic E-state index is 14.5. The van der Waals surface area contributed by atoms with E-state index in [9.17, 15) is 22.0 Å². The van der Waals surface area contributed by atoms with E-state index >= 15 is 0 Å². The van der Waals surface area contributed by atoms with E-state index in [1.54, 1.807) is 0 Å². The summed E-state index contributed by atoms with van der Waals surface area (Å²) in [4.78, 5) is 0. The molecule has 3 rings (SSSR count). The maximum Gasteiger partial charge on any atom is 0.201 e. The summed E-state index contributed by atoms with van der Waals surface area (Å²) in [5, 5.41) is -0.519. The highest BCUT2D eigenvalue weighted by Gasteiger charge is 2.26. The molecule has 0 heterocycles. The number of thiocarbonyl (C=S) groups is 1. The number of hydrogen-bond donors (Lipinski definition) is 1. The largest absolute Gasteiger partial charge is 0.445 e. The quantitative estimate of drug-likeness (QED) is 0.440. The lowest BCUT2D eigenvalue weighted by Gasteiger charge is -2.27. The van der Waals surface area contributed by atoms with Crippen LogP contribution in [-0.2, 0) is 0 Å². The minimum absolute atomic E-state index is 0.0749. The summed E-state index contributed by atoms with van der Waals surface area (Å²) in [7, 11) is 0. The minimum atomic E-state index is -1.66. The van der Waals surface area contributed by atoms with E-state index in [0.29, 0.717) is 25.0 Å². The van der Waals surface area contributed by atoms with Crippen LogP contribution in [0.2, 0.25) is 0 Å². The third-order valence-corrected chi connectivity index (χ3v) is 5.01. The molecule has 8 heteroatoms. The topological polar surface area (TPSA) is 35.2 Å². The molecule has 144 valence electrons. The Morgan fingerprint density at radius 2 is 1.48 bits per heavy atom. The summed E-state index contributed by atoms with van der Waals surface area (Å²) in [5.41, 5.74) is 5.72. The molecule has 0 radical (unpaired) electrons. The van der Waals surface area contributed by atoms with E-state index in [1.807, 2.05) is 0 Å². The maximum atomic E-state index is 14.5. The van der Waals surface area contributed by atoms with E-state index in [1.165, 1.54) is 12.1 Å². The minimum Gasteiger partial charge on any atom is -0.445 e. The molecule has 1 fully saturated rings. The zero-order chi connectivity index (χ0) is 19.7. The predicted molar refractivity (Wildman–Crippen MR) is 94.2 cm³/mol. The summed E-state index contributed by atoms with van der Waals surface area (Å²) < 4.78 is 73.5. The van der Waals surface area contributed by atoms with Gasteiger partial charge in [0.1, 0.15) is 5.75 Å². The van der Waals surface area contributed by atoms with Gasteiger partial charge >= 0.3 is 0 Å². The normalized spacial score (nSPS) is 19.8. The van der Waals surface area contributed by atoms with Gasteiger partial charge in [0, 0.05) is 18.2 Å². The van der Waals surface area contributed by atoms with Crippen molar-refractivity contribution < 1.29 is 26.7 Å². The molecule has 1 aliphatic rings. The van der Waals surface area contributed by atoms with Gasteiger partial charge in [-0.15, -0.1) is 0 Å². The molecule has 0 unspecified atom stereocenters. The molecular formula is C19H16F5NOS. The van der Waals surface area contributed by atoms with Crippen LogP contribution in [0.15, 0.2) is 24.3 Å². The van der Waals surface area contributed by atoms with E-state index in [2.05, 4.69) is 0 Å². The Morgan fingerprint density at radius 1 is 0.889 bits per heavy atom. The zero-order valence-corrected chi connectivity index (χ0v) is 14.9. The van der Waals surface area contributed by atoms with Crippen molar-refractivity contribution >= 4 is 17.3 Å². The third-order valence-electron chi connectivity index (χ3n) is 4.71. The monoisotopic (exact) mass is 401 g/mol. The Kier molecular flexibility index (Phi) is 5.76. The second kappa shape index (κ2) is 7.90. The van der Waals surface area contributed by atoms with Crippen LogP contribution in [0.3, 0.4) is 0 Å². The van der Waals surface area contributed by atoms with Crippen LogP contribution < -0.4 is 10.5 Å². The van der Waals surface area contributed by atoms with Crippen LogP contribution in [0.1, 0.15) is 42.7 Å². The predicted octanol–water partition coefficient (Wildman–Crippen LogP) is 5.12. The molecule has 0 aliphatic heterocycles. The summed E-state index contributed by atoms with van der Waals surface area (Å²) in [6.07, 6.45) is 2.78. The van der Waals surface area contributed by atoms with Crippen molar-refractivity contribution in [3.8, 4) is 5.75 Å². The fourth-order valence-corrected chi connectivity index (χ4v) is 3.47. The first-order valence-corrected chi connectivity index (χ1v) is 8.79. The van der Waals surface area contributed by atoms with E-state index in [4.69, 9.17) is 22.7 Å². The number of nitrogens with two attached hydrogens (primary N) is 1. The van der Waals surface area contributed by atoms with Gasteiger partial charge in [-0.1, -0.05) is 6.07 Å². The van der Waals surface area contributed by atoms with Crippen LogP contribution in [0.4, 0.5) is 22.0 Å². The Labute approximate surface area is 158 Å². The first-order chi connectivity index (χ1) is 12.8. The van der Waals surface area contributed by atoms with Crippen molar-refractivity contribution in [2.45, 2.75) is 37.6 Å². The van der Waals surface area contributed by atoms with Gasteiger partial charge in [0.25, 0.3) is 0 Å². The van der Waals surface area contributed by atoms with Gasteiger partial charge in [0.05, 0.1) is 5.56 Å². The molecule has 1 saturated carbocycles. The lowest BCUT2D eigenvalue weighted by Crippen LogP contribution is -2.26. The molecule has 0 amide bonds. The average Bonchev–Trinajstić information content (AvgIpc) is 2.62. The summed E-state index contributed by atoms with van der Waals surface area (Å²) in [5.74, 6) is -7.45. The lowest BCUT2D eigenvalue weighted by molar-refractivity contribution is 0.380. The first-order valence-electron chi connectivity index (χ1n) is 8.38. The fourth-order valence-electron chi connectivity index (χ4n) is 3.22. The molecule has 2 aromatic rings. The van der Waals surface area contributed by atoms with Crippen LogP contribution in [0.5, 0.6) is 5.75 Å². The molecule has 2 nitrogen and oxygen atoms in total. The fraction of sp³-hybridized carbons (Fsp3) is 0.316. The van der Waals surface area contributed by atoms with Crippen molar-refractivity contribution in [2.24, 2.45) is 5.73 Å². The second-order valence-corrected chi connectivity index (χ2v) is 6.90. The molecule has 27 heavy (non-hydrogen) atoms. The zero-order valence-electron chi connectivity index (χ0n) is 14.1. The molecule has 2 aromatic carbocycles. The number of ether oxygens (including phenoxy) is 1. The van der Waals surface area contributed by atoms with Gasteiger partial charge < -0.3 is 10.5 Å². The summed E-state index contributed by atoms with van der Waals surface area (Å²) in [6.45, 7) is 0. The van der Waals surface area contributed by atoms with Gasteiger partial charge in [-0.3, -0.25) is 0 Å². The van der Waals surface area contributed by atoms with Gasteiger partial charge in [0.15, 0.2) is 29.1 Å². The van der Waals surface area contributed by atoms with Gasteiger partial charge in [0.2, 0.25) is 5.05 Å². The Balaban J connectivity index is 1.82. The average molecular weight is 401 g/mol. The van der Waals surface area contributed by atoms with Crippen LogP contribution in [0, 0.1) is 29.1 Å². The van der Waals surface area contributed by atoms with Crippen LogP contribution in [0.25, 0.3) is 0 Å². The Morgan fingerprint density at radius 3 is 2.07 bits per heavy atom. The van der Waals surface area contributed by atoms with Gasteiger partial charge in [-0.25, -0.2) is 22.0 Å². The second-order valence-electron chi connectivity index (χ2n) is 6.53. The van der Waals surface area contributed by atoms with Crippen molar-refractivity contribution in [2.75, 3.05) is 0 Å².